The van der Waals surface area contributed by atoms with Gasteiger partial charge in [-0.25, -0.2) is 0 Å². The fraction of sp³-hybridized carbons (Fsp3) is 0.787. The van der Waals surface area contributed by atoms with E-state index in [1.54, 1.807) is 6.08 Å². The molecule has 12 N–H and O–H groups in total. The van der Waals surface area contributed by atoms with Gasteiger partial charge in [0.25, 0.3) is 0 Å². The van der Waals surface area contributed by atoms with E-state index in [0.29, 0.717) is 12.8 Å². The third-order valence-corrected chi connectivity index (χ3v) is 18.9. The molecule has 19 nitrogen and oxygen atoms in total. The lowest BCUT2D eigenvalue weighted by atomic mass is 9.96. The molecular weight excluding hydrogens is 1260 g/mol. The number of amides is 1. The number of nitrogens with one attached hydrogen (secondary N) is 1. The van der Waals surface area contributed by atoms with Gasteiger partial charge in [-0.05, 0) is 83.5 Å². The molecule has 0 saturated carbocycles. The normalized spacial score (nSPS) is 27.1. The minimum atomic E-state index is -1.98. The van der Waals surface area contributed by atoms with Gasteiger partial charge >= 0.3 is 0 Å². The number of rotatable bonds is 60. The summed E-state index contributed by atoms with van der Waals surface area (Å²) in [6, 6.07) is -0.993. The molecule has 19 heteroatoms. The highest BCUT2D eigenvalue weighted by molar-refractivity contribution is 5.76. The van der Waals surface area contributed by atoms with Crippen molar-refractivity contribution in [3.05, 3.63) is 97.2 Å². The van der Waals surface area contributed by atoms with E-state index in [-0.39, 0.29) is 18.9 Å². The first kappa shape index (κ1) is 89.9. The van der Waals surface area contributed by atoms with E-state index >= 15 is 0 Å². The molecule has 3 aliphatic heterocycles. The Kier molecular flexibility index (Phi) is 54.5. The number of aliphatic hydroxyl groups is 11. The van der Waals surface area contributed by atoms with Crippen LogP contribution >= 0.6 is 0 Å². The number of aliphatic hydroxyl groups excluding tert-OH is 11. The molecule has 3 heterocycles. The van der Waals surface area contributed by atoms with Crippen LogP contribution in [-0.2, 0) is 33.2 Å². The average Bonchev–Trinajstić information content (AvgIpc) is 0.784. The van der Waals surface area contributed by atoms with Crippen molar-refractivity contribution in [2.45, 2.75) is 375 Å². The summed E-state index contributed by atoms with van der Waals surface area (Å²) < 4.78 is 34.4. The van der Waals surface area contributed by atoms with Crippen molar-refractivity contribution < 1.29 is 89.4 Å². The van der Waals surface area contributed by atoms with E-state index in [4.69, 9.17) is 28.4 Å². The van der Waals surface area contributed by atoms with Crippen LogP contribution in [0.25, 0.3) is 0 Å². The molecule has 572 valence electrons. The van der Waals surface area contributed by atoms with Crippen LogP contribution in [0.2, 0.25) is 0 Å². The monoisotopic (exact) mass is 1400 g/mol. The Hall–Kier alpha value is -3.29. The molecule has 3 saturated heterocycles. The molecule has 1 amide bonds. The van der Waals surface area contributed by atoms with Crippen molar-refractivity contribution in [2.24, 2.45) is 0 Å². The standard InChI is InChI=1S/C80H139NO18/c1-3-5-7-9-11-13-15-17-19-20-21-22-23-24-25-26-27-28-29-30-31-32-33-34-35-36-37-38-39-40-41-42-44-46-48-50-52-54-56-58-68(86)81-63(64(85)57-55-53-51-49-47-45-43-18-16-14-12-10-8-6-4-2)62-94-78-74(92)71(89)76(66(60-83)96-78)99-80-75(93)72(90)77(67(61-84)97-80)98-79-73(91)70(88)69(87)65(59-82)95-79/h5,7,11,13,17,19,21-22,24-25,27-28,47,49,55,57,63-67,69-80,82-85,87-93H,3-4,6,8-10,12,14-16,18,20,23,26,29-46,48,50-54,56,58-62H2,1-2H3,(H,81,86)/b7-5-,13-11-,19-17-,22-21-,25-24-,28-27-,49-47+,57-55+. The van der Waals surface area contributed by atoms with E-state index in [9.17, 15) is 61.0 Å². The predicted molar refractivity (Wildman–Crippen MR) is 392 cm³/mol. The highest BCUT2D eigenvalue weighted by atomic mass is 16.8. The van der Waals surface area contributed by atoms with Crippen LogP contribution in [0.4, 0.5) is 0 Å². The van der Waals surface area contributed by atoms with Crippen molar-refractivity contribution in [1.82, 2.24) is 5.32 Å². The maximum Gasteiger partial charge on any atom is 0.220 e. The zero-order valence-corrected chi connectivity index (χ0v) is 60.9. The van der Waals surface area contributed by atoms with E-state index < -0.39 is 124 Å². The summed E-state index contributed by atoms with van der Waals surface area (Å²) in [5.74, 6) is -0.285. The van der Waals surface area contributed by atoms with Crippen LogP contribution in [-0.4, -0.2) is 193 Å². The second-order valence-electron chi connectivity index (χ2n) is 27.4. The van der Waals surface area contributed by atoms with Crippen LogP contribution < -0.4 is 5.32 Å². The Labute approximate surface area is 596 Å². The zero-order chi connectivity index (χ0) is 71.8. The molecule has 0 aromatic heterocycles. The molecule has 0 spiro atoms. The third-order valence-electron chi connectivity index (χ3n) is 18.9. The van der Waals surface area contributed by atoms with Crippen molar-refractivity contribution in [3.8, 4) is 0 Å². The molecule has 99 heavy (non-hydrogen) atoms. The zero-order valence-electron chi connectivity index (χ0n) is 60.9. The minimum absolute atomic E-state index is 0.234. The SMILES string of the molecule is CC/C=C\C/C=C\C/C=C\C/C=C\C/C=C\C/C=C\CCCCCCCCCCCCCCCCCCCCCCC(=O)NC(COC1OC(CO)C(OC2OC(CO)C(OC3OC(CO)C(O)C(O)C3O)C(O)C2O)C(O)C1O)C(O)/C=C/CC/C=C/CCCCCCCCCCC. The topological polar surface area (TPSA) is 307 Å². The number of carbonyl (C=O) groups excluding carboxylic acids is 1. The fourth-order valence-corrected chi connectivity index (χ4v) is 12.6. The van der Waals surface area contributed by atoms with Gasteiger partial charge in [0.05, 0.1) is 38.6 Å². The highest BCUT2D eigenvalue weighted by Gasteiger charge is 2.53. The number of hydrogen-bond donors (Lipinski definition) is 12. The van der Waals surface area contributed by atoms with Crippen molar-refractivity contribution in [2.75, 3.05) is 26.4 Å². The lowest BCUT2D eigenvalue weighted by molar-refractivity contribution is -0.379. The maximum atomic E-state index is 13.4. The van der Waals surface area contributed by atoms with Gasteiger partial charge in [-0.1, -0.05) is 278 Å². The van der Waals surface area contributed by atoms with Gasteiger partial charge in [-0.15, -0.1) is 0 Å². The Balaban J connectivity index is 1.31. The molecule has 0 radical (unpaired) electrons. The summed E-state index contributed by atoms with van der Waals surface area (Å²) in [5, 5.41) is 121. The molecular formula is C80H139NO18. The van der Waals surface area contributed by atoms with Gasteiger partial charge in [0.2, 0.25) is 5.91 Å². The van der Waals surface area contributed by atoms with Crippen LogP contribution in [0.5, 0.6) is 0 Å². The first-order valence-corrected chi connectivity index (χ1v) is 39.0. The number of hydrogen-bond acceptors (Lipinski definition) is 18. The largest absolute Gasteiger partial charge is 0.394 e. The second-order valence-corrected chi connectivity index (χ2v) is 27.4. The van der Waals surface area contributed by atoms with E-state index in [1.165, 1.54) is 161 Å². The van der Waals surface area contributed by atoms with E-state index in [2.05, 4.69) is 104 Å². The van der Waals surface area contributed by atoms with Gasteiger partial charge < -0.3 is 89.9 Å². The van der Waals surface area contributed by atoms with Crippen molar-refractivity contribution in [3.63, 3.8) is 0 Å². The van der Waals surface area contributed by atoms with Gasteiger partial charge in [-0.3, -0.25) is 4.79 Å². The smallest absolute Gasteiger partial charge is 0.220 e. The quantitative estimate of drug-likeness (QED) is 0.0199. The summed E-state index contributed by atoms with van der Waals surface area (Å²) in [7, 11) is 0. The maximum absolute atomic E-state index is 13.4. The molecule has 17 atom stereocenters. The minimum Gasteiger partial charge on any atom is -0.394 e. The Morgan fingerprint density at radius 1 is 0.374 bits per heavy atom. The summed E-state index contributed by atoms with van der Waals surface area (Å²) in [5.41, 5.74) is 0. The van der Waals surface area contributed by atoms with Crippen LogP contribution in [0, 0.1) is 0 Å². The van der Waals surface area contributed by atoms with Gasteiger partial charge in [-0.2, -0.15) is 0 Å². The Morgan fingerprint density at radius 2 is 0.707 bits per heavy atom. The third kappa shape index (κ3) is 40.5. The fourth-order valence-electron chi connectivity index (χ4n) is 12.6. The van der Waals surface area contributed by atoms with Gasteiger partial charge in [0.1, 0.15) is 73.2 Å². The molecule has 0 aromatic carbocycles. The summed E-state index contributed by atoms with van der Waals surface area (Å²) >= 11 is 0. The Morgan fingerprint density at radius 3 is 1.13 bits per heavy atom. The predicted octanol–water partition coefficient (Wildman–Crippen LogP) is 12.4. The summed E-state index contributed by atoms with van der Waals surface area (Å²) in [6.07, 6.45) is 54.1. The van der Waals surface area contributed by atoms with Crippen LogP contribution in [0.15, 0.2) is 97.2 Å². The molecule has 3 fully saturated rings. The van der Waals surface area contributed by atoms with Gasteiger partial charge in [0.15, 0.2) is 18.9 Å². The molecule has 17 unspecified atom stereocenters. The van der Waals surface area contributed by atoms with Crippen LogP contribution in [0.3, 0.4) is 0 Å². The summed E-state index contributed by atoms with van der Waals surface area (Å²) in [6.45, 7) is 1.60. The number of unbranched alkanes of at least 4 members (excludes halogenated alkanes) is 30. The second kappa shape index (κ2) is 60.0. The van der Waals surface area contributed by atoms with E-state index in [1.807, 2.05) is 6.08 Å². The lowest BCUT2D eigenvalue weighted by Gasteiger charge is -2.48. The van der Waals surface area contributed by atoms with Crippen LogP contribution in [0.1, 0.15) is 271 Å². The van der Waals surface area contributed by atoms with Gasteiger partial charge in [0, 0.05) is 6.42 Å². The van der Waals surface area contributed by atoms with E-state index in [0.717, 1.165) is 77.0 Å². The molecule has 0 aliphatic carbocycles. The molecule has 0 aromatic rings. The average molecular weight is 1400 g/mol. The van der Waals surface area contributed by atoms with Crippen molar-refractivity contribution in [1.29, 1.82) is 0 Å². The molecule has 3 rings (SSSR count). The first-order valence-electron chi connectivity index (χ1n) is 39.0. The Bertz CT molecular complexity index is 2170. The number of allylic oxidation sites excluding steroid dienone is 15. The first-order chi connectivity index (χ1) is 48.3. The van der Waals surface area contributed by atoms with Crippen molar-refractivity contribution >= 4 is 5.91 Å². The summed E-state index contributed by atoms with van der Waals surface area (Å²) in [4.78, 5) is 13.4. The number of carbonyl (C=O) groups is 1. The molecule has 3 aliphatic rings. The lowest BCUT2D eigenvalue weighted by Crippen LogP contribution is -2.66. The highest BCUT2D eigenvalue weighted by Crippen LogP contribution is 2.33. The number of ether oxygens (including phenoxy) is 6. The molecule has 0 bridgehead atoms.